The minimum atomic E-state index is -0.953. The van der Waals surface area contributed by atoms with Crippen molar-refractivity contribution in [2.45, 2.75) is 24.7 Å². The molecule has 1 aliphatic rings. The van der Waals surface area contributed by atoms with Crippen LogP contribution in [0.25, 0.3) is 0 Å². The predicted octanol–water partition coefficient (Wildman–Crippen LogP) is 2.08. The van der Waals surface area contributed by atoms with E-state index >= 15 is 0 Å². The zero-order valence-electron chi connectivity index (χ0n) is 10.9. The molecule has 0 radical (unpaired) electrons. The molecule has 1 aromatic carbocycles. The van der Waals surface area contributed by atoms with E-state index in [0.717, 1.165) is 6.42 Å². The summed E-state index contributed by atoms with van der Waals surface area (Å²) in [4.78, 5) is 11.6. The summed E-state index contributed by atoms with van der Waals surface area (Å²) < 4.78 is 10.5. The number of rotatable bonds is 4. The summed E-state index contributed by atoms with van der Waals surface area (Å²) in [6, 6.07) is 5.17. The minimum absolute atomic E-state index is 0.375. The zero-order valence-corrected chi connectivity index (χ0v) is 10.9. The minimum Gasteiger partial charge on any atom is -0.493 e. The molecule has 0 amide bonds. The summed E-state index contributed by atoms with van der Waals surface area (Å²) in [7, 11) is 2.94. The van der Waals surface area contributed by atoms with Crippen molar-refractivity contribution >= 4 is 5.97 Å². The van der Waals surface area contributed by atoms with Gasteiger partial charge in [0.05, 0.1) is 31.3 Å². The Bertz CT molecular complexity index is 555. The molecule has 0 heterocycles. The van der Waals surface area contributed by atoms with Gasteiger partial charge in [-0.25, -0.2) is 0 Å². The second kappa shape index (κ2) is 4.81. The Labute approximate surface area is 111 Å². The smallest absolute Gasteiger partial charge is 0.314 e. The van der Waals surface area contributed by atoms with Crippen LogP contribution in [-0.4, -0.2) is 25.3 Å². The molecule has 1 aromatic rings. The Balaban J connectivity index is 2.67. The molecule has 1 aliphatic carbocycles. The van der Waals surface area contributed by atoms with Crippen molar-refractivity contribution in [2.24, 2.45) is 0 Å². The normalized spacial score (nSPS) is 16.1. The van der Waals surface area contributed by atoms with Gasteiger partial charge in [0.25, 0.3) is 0 Å². The lowest BCUT2D eigenvalue weighted by atomic mass is 9.64. The SMILES string of the molecule is COc1cc(C#N)cc(C2(C(=O)O)CCC2)c1OC. The van der Waals surface area contributed by atoms with Gasteiger partial charge < -0.3 is 14.6 Å². The van der Waals surface area contributed by atoms with E-state index in [2.05, 4.69) is 0 Å². The van der Waals surface area contributed by atoms with Gasteiger partial charge in [0.15, 0.2) is 11.5 Å². The first kappa shape index (κ1) is 13.2. The summed E-state index contributed by atoms with van der Waals surface area (Å²) in [6.07, 6.45) is 1.96. The maximum atomic E-state index is 11.6. The molecule has 19 heavy (non-hydrogen) atoms. The van der Waals surface area contributed by atoms with E-state index in [4.69, 9.17) is 14.7 Å². The summed E-state index contributed by atoms with van der Waals surface area (Å²) >= 11 is 0. The third-order valence-electron chi connectivity index (χ3n) is 3.74. The number of nitriles is 1. The quantitative estimate of drug-likeness (QED) is 0.897. The molecule has 5 nitrogen and oxygen atoms in total. The number of hydrogen-bond acceptors (Lipinski definition) is 4. The first-order valence-electron chi connectivity index (χ1n) is 5.99. The number of nitrogens with zero attached hydrogens (tertiary/aromatic N) is 1. The lowest BCUT2D eigenvalue weighted by Gasteiger charge is -2.39. The summed E-state index contributed by atoms with van der Waals surface area (Å²) in [5.74, 6) is -0.0816. The third kappa shape index (κ3) is 1.89. The fourth-order valence-electron chi connectivity index (χ4n) is 2.51. The van der Waals surface area contributed by atoms with E-state index in [9.17, 15) is 9.90 Å². The first-order chi connectivity index (χ1) is 9.08. The molecule has 0 atom stereocenters. The van der Waals surface area contributed by atoms with Gasteiger partial charge >= 0.3 is 5.97 Å². The number of benzene rings is 1. The highest BCUT2D eigenvalue weighted by Crippen LogP contribution is 2.50. The van der Waals surface area contributed by atoms with Gasteiger partial charge in [-0.15, -0.1) is 0 Å². The molecule has 0 aliphatic heterocycles. The van der Waals surface area contributed by atoms with Gasteiger partial charge in [0.2, 0.25) is 0 Å². The molecule has 2 rings (SSSR count). The zero-order chi connectivity index (χ0) is 14.0. The summed E-state index contributed by atoms with van der Waals surface area (Å²) in [5.41, 5.74) is -0.0456. The number of carboxylic acid groups (broad SMARTS) is 1. The van der Waals surface area contributed by atoms with Crippen molar-refractivity contribution in [3.63, 3.8) is 0 Å². The van der Waals surface area contributed by atoms with Gasteiger partial charge in [-0.2, -0.15) is 5.26 Å². The molecule has 1 N–H and O–H groups in total. The lowest BCUT2D eigenvalue weighted by molar-refractivity contribution is -0.147. The van der Waals surface area contributed by atoms with Crippen LogP contribution in [0.15, 0.2) is 12.1 Å². The third-order valence-corrected chi connectivity index (χ3v) is 3.74. The fraction of sp³-hybridized carbons (Fsp3) is 0.429. The number of carboxylic acids is 1. The standard InChI is InChI=1S/C14H15NO4/c1-18-11-7-9(8-15)6-10(12(11)19-2)14(13(16)17)4-3-5-14/h6-7H,3-5H2,1-2H3,(H,16,17). The van der Waals surface area contributed by atoms with Crippen molar-refractivity contribution in [1.29, 1.82) is 5.26 Å². The molecule has 1 fully saturated rings. The summed E-state index contributed by atoms with van der Waals surface area (Å²) in [6.45, 7) is 0. The number of ether oxygens (including phenoxy) is 2. The van der Waals surface area contributed by atoms with E-state index in [1.807, 2.05) is 6.07 Å². The molecule has 0 bridgehead atoms. The van der Waals surface area contributed by atoms with Crippen LogP contribution in [0.3, 0.4) is 0 Å². The van der Waals surface area contributed by atoms with Crippen LogP contribution in [0, 0.1) is 11.3 Å². The van der Waals surface area contributed by atoms with Gasteiger partial charge in [0.1, 0.15) is 0 Å². The maximum Gasteiger partial charge on any atom is 0.314 e. The average molecular weight is 261 g/mol. The Kier molecular flexibility index (Phi) is 3.34. The number of methoxy groups -OCH3 is 2. The molecule has 5 heteroatoms. The largest absolute Gasteiger partial charge is 0.493 e. The predicted molar refractivity (Wildman–Crippen MR) is 67.4 cm³/mol. The van der Waals surface area contributed by atoms with Gasteiger partial charge in [-0.3, -0.25) is 4.79 Å². The maximum absolute atomic E-state index is 11.6. The van der Waals surface area contributed by atoms with Crippen LogP contribution >= 0.6 is 0 Å². The van der Waals surface area contributed by atoms with Crippen LogP contribution in [0.1, 0.15) is 30.4 Å². The number of hydrogen-bond donors (Lipinski definition) is 1. The van der Waals surface area contributed by atoms with Crippen molar-refractivity contribution in [3.05, 3.63) is 23.3 Å². The molecule has 0 spiro atoms. The fourth-order valence-corrected chi connectivity index (χ4v) is 2.51. The molecule has 100 valence electrons. The molecular weight excluding hydrogens is 246 g/mol. The molecule has 0 saturated heterocycles. The van der Waals surface area contributed by atoms with Crippen LogP contribution in [0.2, 0.25) is 0 Å². The second-order valence-corrected chi connectivity index (χ2v) is 4.61. The van der Waals surface area contributed by atoms with Crippen molar-refractivity contribution in [1.82, 2.24) is 0 Å². The Morgan fingerprint density at radius 3 is 2.42 bits per heavy atom. The molecule has 0 unspecified atom stereocenters. The van der Waals surface area contributed by atoms with Crippen molar-refractivity contribution < 1.29 is 19.4 Å². The van der Waals surface area contributed by atoms with Gasteiger partial charge in [-0.05, 0) is 18.9 Å². The monoisotopic (exact) mass is 261 g/mol. The van der Waals surface area contributed by atoms with Crippen molar-refractivity contribution in [2.75, 3.05) is 14.2 Å². The Morgan fingerprint density at radius 2 is 2.05 bits per heavy atom. The van der Waals surface area contributed by atoms with Crippen LogP contribution in [0.4, 0.5) is 0 Å². The van der Waals surface area contributed by atoms with Crippen LogP contribution < -0.4 is 9.47 Å². The van der Waals surface area contributed by atoms with Crippen LogP contribution in [0.5, 0.6) is 11.5 Å². The Morgan fingerprint density at radius 1 is 1.37 bits per heavy atom. The van der Waals surface area contributed by atoms with E-state index < -0.39 is 11.4 Å². The average Bonchev–Trinajstić information content (AvgIpc) is 2.35. The molecule has 1 saturated carbocycles. The highest BCUT2D eigenvalue weighted by molar-refractivity contribution is 5.84. The van der Waals surface area contributed by atoms with Gasteiger partial charge in [0, 0.05) is 11.6 Å². The molecular formula is C14H15NO4. The number of aliphatic carboxylic acids is 1. The highest BCUT2D eigenvalue weighted by atomic mass is 16.5. The van der Waals surface area contributed by atoms with E-state index in [1.165, 1.54) is 14.2 Å². The first-order valence-corrected chi connectivity index (χ1v) is 5.99. The van der Waals surface area contributed by atoms with E-state index in [-0.39, 0.29) is 0 Å². The second-order valence-electron chi connectivity index (χ2n) is 4.61. The van der Waals surface area contributed by atoms with Crippen LogP contribution in [-0.2, 0) is 10.2 Å². The lowest BCUT2D eigenvalue weighted by Crippen LogP contribution is -2.42. The highest BCUT2D eigenvalue weighted by Gasteiger charge is 2.48. The molecule has 0 aromatic heterocycles. The van der Waals surface area contributed by atoms with E-state index in [1.54, 1.807) is 12.1 Å². The van der Waals surface area contributed by atoms with E-state index in [0.29, 0.717) is 35.5 Å². The Hall–Kier alpha value is -2.22. The van der Waals surface area contributed by atoms with Gasteiger partial charge in [-0.1, -0.05) is 6.42 Å². The number of carbonyl (C=O) groups is 1. The van der Waals surface area contributed by atoms with Crippen molar-refractivity contribution in [3.8, 4) is 17.6 Å². The summed E-state index contributed by atoms with van der Waals surface area (Å²) in [5, 5.41) is 18.6. The topological polar surface area (TPSA) is 79.5 Å².